The number of carbonyl (C=O) groups is 1. The molecular formula is C30H30N8O3S. The maximum absolute atomic E-state index is 13.0. The van der Waals surface area contributed by atoms with Crippen LogP contribution in [0.15, 0.2) is 59.5 Å². The molecule has 214 valence electrons. The molecule has 0 atom stereocenters. The van der Waals surface area contributed by atoms with Crippen LogP contribution in [-0.2, 0) is 12.5 Å². The van der Waals surface area contributed by atoms with Crippen LogP contribution in [0, 0.1) is 13.8 Å². The highest BCUT2D eigenvalue weighted by Crippen LogP contribution is 2.39. The number of carbonyl (C=O) groups excluding carboxylic acids is 1. The van der Waals surface area contributed by atoms with Crippen molar-refractivity contribution in [2.75, 3.05) is 10.6 Å². The van der Waals surface area contributed by atoms with Crippen LogP contribution < -0.4 is 15.4 Å². The molecule has 6 rings (SSSR count). The minimum Gasteiger partial charge on any atom is -0.456 e. The van der Waals surface area contributed by atoms with Crippen molar-refractivity contribution in [2.24, 2.45) is 7.05 Å². The predicted molar refractivity (Wildman–Crippen MR) is 163 cm³/mol. The van der Waals surface area contributed by atoms with Gasteiger partial charge in [0.1, 0.15) is 28.9 Å². The third kappa shape index (κ3) is 5.23. The molecule has 0 saturated heterocycles. The maximum Gasteiger partial charge on any atom is 0.324 e. The maximum atomic E-state index is 13.0. The van der Waals surface area contributed by atoms with E-state index in [0.29, 0.717) is 40.2 Å². The van der Waals surface area contributed by atoms with Crippen molar-refractivity contribution in [3.05, 3.63) is 72.3 Å². The number of aromatic nitrogens is 6. The molecule has 0 fully saturated rings. The van der Waals surface area contributed by atoms with Crippen LogP contribution in [0.1, 0.15) is 38.0 Å². The van der Waals surface area contributed by atoms with Crippen LogP contribution in [0.3, 0.4) is 0 Å². The third-order valence-corrected chi connectivity index (χ3v) is 7.82. The van der Waals surface area contributed by atoms with Crippen molar-refractivity contribution in [3.8, 4) is 33.5 Å². The second kappa shape index (κ2) is 10.5. The molecule has 0 aliphatic carbocycles. The SMILES string of the molecule is Cc1noc(C)c1-c1[nH]c(C(C)(C)C)nc1NC(=O)Nc1ccc(Oc2ccnc3cc(-c4nccn4C)sc23)cc1. The smallest absolute Gasteiger partial charge is 0.324 e. The highest BCUT2D eigenvalue weighted by Gasteiger charge is 2.26. The van der Waals surface area contributed by atoms with Crippen molar-refractivity contribution in [2.45, 2.75) is 40.0 Å². The van der Waals surface area contributed by atoms with E-state index in [0.717, 1.165) is 32.3 Å². The van der Waals surface area contributed by atoms with Crippen molar-refractivity contribution in [1.29, 1.82) is 0 Å². The quantitative estimate of drug-likeness (QED) is 0.186. The highest BCUT2D eigenvalue weighted by atomic mass is 32.1. The molecule has 42 heavy (non-hydrogen) atoms. The first-order valence-corrected chi connectivity index (χ1v) is 14.1. The number of nitrogens with one attached hydrogen (secondary N) is 3. The van der Waals surface area contributed by atoms with Crippen LogP contribution in [0.5, 0.6) is 11.5 Å². The van der Waals surface area contributed by atoms with Crippen molar-refractivity contribution < 1.29 is 14.1 Å². The summed E-state index contributed by atoms with van der Waals surface area (Å²) in [6, 6.07) is 10.6. The number of aryl methyl sites for hydroxylation is 3. The van der Waals surface area contributed by atoms with E-state index in [9.17, 15) is 4.79 Å². The first-order chi connectivity index (χ1) is 20.1. The summed E-state index contributed by atoms with van der Waals surface area (Å²) in [5, 5.41) is 9.80. The van der Waals surface area contributed by atoms with Crippen LogP contribution in [0.4, 0.5) is 16.3 Å². The summed E-state index contributed by atoms with van der Waals surface area (Å²) in [4.78, 5) is 31.0. The summed E-state index contributed by atoms with van der Waals surface area (Å²) in [5.41, 5.74) is 3.31. The minimum atomic E-state index is -0.431. The fourth-order valence-corrected chi connectivity index (χ4v) is 5.66. The number of hydrogen-bond donors (Lipinski definition) is 3. The number of amides is 2. The number of rotatable bonds is 6. The molecule has 5 aromatic heterocycles. The van der Waals surface area contributed by atoms with Gasteiger partial charge >= 0.3 is 6.03 Å². The molecule has 0 saturated carbocycles. The molecule has 0 unspecified atom stereocenters. The van der Waals surface area contributed by atoms with Gasteiger partial charge in [-0.1, -0.05) is 25.9 Å². The van der Waals surface area contributed by atoms with Gasteiger partial charge in [-0.15, -0.1) is 11.3 Å². The lowest BCUT2D eigenvalue weighted by molar-refractivity contribution is 0.262. The molecule has 5 heterocycles. The van der Waals surface area contributed by atoms with Gasteiger partial charge in [-0.05, 0) is 44.2 Å². The Kier molecular flexibility index (Phi) is 6.77. The first-order valence-electron chi connectivity index (χ1n) is 13.3. The molecule has 0 aliphatic heterocycles. The number of benzene rings is 1. The molecule has 0 spiro atoms. The summed E-state index contributed by atoms with van der Waals surface area (Å²) in [6.07, 6.45) is 5.41. The topological polar surface area (TPSA) is 136 Å². The third-order valence-electron chi connectivity index (χ3n) is 6.69. The Bertz CT molecular complexity index is 1890. The molecular weight excluding hydrogens is 552 g/mol. The molecule has 0 aliphatic rings. The molecule has 6 aromatic rings. The first kappa shape index (κ1) is 27.2. The average molecular weight is 583 g/mol. The number of fused-ring (bicyclic) bond motifs is 1. The average Bonchev–Trinajstić information content (AvgIpc) is 3.72. The number of thiophene rings is 1. The van der Waals surface area contributed by atoms with Gasteiger partial charge in [0, 0.05) is 42.8 Å². The second-order valence-corrected chi connectivity index (χ2v) is 12.0. The molecule has 2 amide bonds. The Balaban J connectivity index is 1.18. The number of imidazole rings is 2. The van der Waals surface area contributed by atoms with Gasteiger partial charge in [0.25, 0.3) is 0 Å². The number of nitrogens with zero attached hydrogens (tertiary/aromatic N) is 5. The predicted octanol–water partition coefficient (Wildman–Crippen LogP) is 7.43. The van der Waals surface area contributed by atoms with Crippen molar-refractivity contribution in [1.82, 2.24) is 29.7 Å². The Morgan fingerprint density at radius 3 is 2.52 bits per heavy atom. The standard InChI is InChI=1S/C30H30N8O3S/c1-16-23(17(2)41-37-16)24-26(35-28(34-24)30(3,4)5)36-29(39)33-18-7-9-19(10-8-18)40-21-11-12-31-20-15-22(42-25(20)21)27-32-13-14-38(27)6/h7-15H,1-6H3,(H,34,35)(H2,33,36,39). The Hall–Kier alpha value is -4.97. The van der Waals surface area contributed by atoms with E-state index in [-0.39, 0.29) is 5.41 Å². The monoisotopic (exact) mass is 582 g/mol. The Labute approximate surface area is 246 Å². The van der Waals surface area contributed by atoms with Gasteiger partial charge in [-0.2, -0.15) is 0 Å². The number of urea groups is 1. The van der Waals surface area contributed by atoms with Crippen LogP contribution in [0.2, 0.25) is 0 Å². The summed E-state index contributed by atoms with van der Waals surface area (Å²) < 4.78 is 14.5. The molecule has 0 bridgehead atoms. The molecule has 3 N–H and O–H groups in total. The number of anilines is 2. The zero-order valence-corrected chi connectivity index (χ0v) is 24.9. The van der Waals surface area contributed by atoms with Gasteiger partial charge in [-0.25, -0.2) is 14.8 Å². The zero-order chi connectivity index (χ0) is 29.6. The van der Waals surface area contributed by atoms with Crippen molar-refractivity contribution >= 4 is 39.1 Å². The van der Waals surface area contributed by atoms with Gasteiger partial charge < -0.3 is 24.1 Å². The van der Waals surface area contributed by atoms with E-state index in [4.69, 9.17) is 9.26 Å². The summed E-state index contributed by atoms with van der Waals surface area (Å²) in [7, 11) is 1.96. The largest absolute Gasteiger partial charge is 0.456 e. The number of aromatic amines is 1. The number of pyridine rings is 1. The van der Waals surface area contributed by atoms with E-state index < -0.39 is 6.03 Å². The van der Waals surface area contributed by atoms with Crippen LogP contribution in [0.25, 0.3) is 32.2 Å². The Morgan fingerprint density at radius 2 is 1.86 bits per heavy atom. The molecule has 11 nitrogen and oxygen atoms in total. The van der Waals surface area contributed by atoms with E-state index in [2.05, 4.69) is 35.7 Å². The molecule has 0 radical (unpaired) electrons. The number of hydrogen-bond acceptors (Lipinski definition) is 8. The molecule has 12 heteroatoms. The number of H-pyrrole nitrogens is 1. The van der Waals surface area contributed by atoms with E-state index in [1.807, 2.05) is 64.6 Å². The normalized spacial score (nSPS) is 11.7. The van der Waals surface area contributed by atoms with Gasteiger partial charge in [-0.3, -0.25) is 10.3 Å². The Morgan fingerprint density at radius 1 is 1.07 bits per heavy atom. The van der Waals surface area contributed by atoms with E-state index in [1.165, 1.54) is 0 Å². The van der Waals surface area contributed by atoms with Gasteiger partial charge in [0.15, 0.2) is 5.82 Å². The summed E-state index contributed by atoms with van der Waals surface area (Å²) in [6.45, 7) is 9.82. The summed E-state index contributed by atoms with van der Waals surface area (Å²) >= 11 is 1.58. The fraction of sp³-hybridized carbons (Fsp3) is 0.233. The number of ether oxygens (including phenoxy) is 1. The van der Waals surface area contributed by atoms with Crippen LogP contribution >= 0.6 is 11.3 Å². The summed E-state index contributed by atoms with van der Waals surface area (Å²) in [5.74, 6) is 3.97. The fourth-order valence-electron chi connectivity index (χ4n) is 4.55. The van der Waals surface area contributed by atoms with E-state index >= 15 is 0 Å². The lowest BCUT2D eigenvalue weighted by Crippen LogP contribution is -2.20. The second-order valence-electron chi connectivity index (χ2n) is 11.0. The highest BCUT2D eigenvalue weighted by molar-refractivity contribution is 7.22. The van der Waals surface area contributed by atoms with Crippen molar-refractivity contribution in [3.63, 3.8) is 0 Å². The van der Waals surface area contributed by atoms with E-state index in [1.54, 1.807) is 48.0 Å². The molecule has 1 aromatic carbocycles. The van der Waals surface area contributed by atoms with Gasteiger partial charge in [0.05, 0.1) is 32.0 Å². The van der Waals surface area contributed by atoms with Gasteiger partial charge in [0.2, 0.25) is 0 Å². The van der Waals surface area contributed by atoms with Crippen LogP contribution in [-0.4, -0.2) is 35.7 Å². The zero-order valence-electron chi connectivity index (χ0n) is 24.1. The lowest BCUT2D eigenvalue weighted by atomic mass is 9.96. The minimum absolute atomic E-state index is 0.261. The lowest BCUT2D eigenvalue weighted by Gasteiger charge is -2.14.